The third-order valence-corrected chi connectivity index (χ3v) is 4.70. The van der Waals surface area contributed by atoms with E-state index in [0.717, 1.165) is 36.3 Å². The van der Waals surface area contributed by atoms with Crippen LogP contribution in [-0.2, 0) is 0 Å². The molecule has 4 rings (SSSR count). The van der Waals surface area contributed by atoms with Gasteiger partial charge in [0.1, 0.15) is 0 Å². The van der Waals surface area contributed by atoms with E-state index in [1.807, 2.05) is 23.1 Å². The Balaban J connectivity index is 1.61. The Morgan fingerprint density at radius 2 is 1.92 bits per heavy atom. The maximum atomic E-state index is 12.8. The van der Waals surface area contributed by atoms with Crippen molar-refractivity contribution in [3.8, 4) is 11.5 Å². The molecule has 1 aromatic carbocycles. The van der Waals surface area contributed by atoms with E-state index in [4.69, 9.17) is 9.47 Å². The quantitative estimate of drug-likeness (QED) is 0.912. The normalized spacial score (nSPS) is 19.5. The first kappa shape index (κ1) is 15.7. The van der Waals surface area contributed by atoms with Gasteiger partial charge in [-0.25, -0.2) is 0 Å². The molecule has 1 saturated heterocycles. The van der Waals surface area contributed by atoms with Crippen LogP contribution in [0.15, 0.2) is 41.3 Å². The summed E-state index contributed by atoms with van der Waals surface area (Å²) in [7, 11) is 0. The largest absolute Gasteiger partial charge is 0.490 e. The van der Waals surface area contributed by atoms with Gasteiger partial charge in [-0.2, -0.15) is 0 Å². The number of nitrogens with one attached hydrogen (secondary N) is 1. The molecule has 1 fully saturated rings. The second-order valence-corrected chi connectivity index (χ2v) is 6.35. The monoisotopic (exact) mass is 340 g/mol. The minimum Gasteiger partial charge on any atom is -0.490 e. The van der Waals surface area contributed by atoms with Crippen molar-refractivity contribution in [2.75, 3.05) is 19.8 Å². The van der Waals surface area contributed by atoms with Crippen molar-refractivity contribution < 1.29 is 14.3 Å². The number of ether oxygens (including phenoxy) is 2. The summed E-state index contributed by atoms with van der Waals surface area (Å²) in [5.41, 5.74) is 1.35. The number of H-pyrrole nitrogens is 1. The van der Waals surface area contributed by atoms with Crippen LogP contribution >= 0.6 is 0 Å². The number of likely N-dealkylation sites (tertiary alicyclic amines) is 1. The smallest absolute Gasteiger partial charge is 0.255 e. The predicted octanol–water partition coefficient (Wildman–Crippen LogP) is 2.51. The van der Waals surface area contributed by atoms with E-state index >= 15 is 0 Å². The maximum Gasteiger partial charge on any atom is 0.255 e. The first-order valence-corrected chi connectivity index (χ1v) is 8.61. The average Bonchev–Trinajstić information content (AvgIpc) is 3.00. The highest BCUT2D eigenvalue weighted by Gasteiger charge is 2.31. The van der Waals surface area contributed by atoms with Crippen LogP contribution in [-0.4, -0.2) is 35.5 Å². The predicted molar refractivity (Wildman–Crippen MR) is 92.1 cm³/mol. The number of hydrogen-bond acceptors (Lipinski definition) is 4. The summed E-state index contributed by atoms with van der Waals surface area (Å²) in [6.07, 6.45) is 4.21. The van der Waals surface area contributed by atoms with Gasteiger partial charge in [-0.15, -0.1) is 0 Å². The number of fused-ring (bicyclic) bond motifs is 1. The zero-order chi connectivity index (χ0) is 17.2. The highest BCUT2D eigenvalue weighted by atomic mass is 16.5. The van der Waals surface area contributed by atoms with E-state index in [-0.39, 0.29) is 17.5 Å². The number of rotatable bonds is 2. The van der Waals surface area contributed by atoms with Crippen LogP contribution < -0.4 is 15.0 Å². The average molecular weight is 340 g/mol. The molecule has 0 unspecified atom stereocenters. The second kappa shape index (κ2) is 6.63. The number of nitrogens with zero attached hydrogens (tertiary/aromatic N) is 1. The minimum absolute atomic E-state index is 0.0107. The van der Waals surface area contributed by atoms with Gasteiger partial charge in [0.25, 0.3) is 5.91 Å². The fourth-order valence-corrected chi connectivity index (χ4v) is 3.45. The van der Waals surface area contributed by atoms with E-state index in [1.54, 1.807) is 6.07 Å². The number of aromatic nitrogens is 1. The molecular weight excluding hydrogens is 320 g/mol. The van der Waals surface area contributed by atoms with Crippen LogP contribution in [0.1, 0.15) is 41.2 Å². The van der Waals surface area contributed by atoms with Gasteiger partial charge in [0.2, 0.25) is 5.56 Å². The summed E-state index contributed by atoms with van der Waals surface area (Å²) >= 11 is 0. The summed E-state index contributed by atoms with van der Waals surface area (Å²) in [5.74, 6) is 1.45. The lowest BCUT2D eigenvalue weighted by Gasteiger charge is -2.25. The Labute approximate surface area is 145 Å². The topological polar surface area (TPSA) is 71.6 Å². The van der Waals surface area contributed by atoms with E-state index in [2.05, 4.69) is 4.98 Å². The maximum absolute atomic E-state index is 12.8. The van der Waals surface area contributed by atoms with Crippen LogP contribution in [0, 0.1) is 0 Å². The SMILES string of the molecule is O=C(c1ccc(=O)[nH]c1)N1CCC[C@H]1c1ccc2c(c1)OCCCO2. The molecule has 0 radical (unpaired) electrons. The van der Waals surface area contributed by atoms with Gasteiger partial charge in [0.05, 0.1) is 24.8 Å². The Morgan fingerprint density at radius 3 is 2.72 bits per heavy atom. The molecule has 2 aliphatic heterocycles. The zero-order valence-corrected chi connectivity index (χ0v) is 13.9. The molecule has 1 N–H and O–H groups in total. The van der Waals surface area contributed by atoms with Crippen molar-refractivity contribution in [1.29, 1.82) is 0 Å². The van der Waals surface area contributed by atoms with Gasteiger partial charge in [0, 0.05) is 25.2 Å². The number of benzene rings is 1. The Morgan fingerprint density at radius 1 is 1.08 bits per heavy atom. The lowest BCUT2D eigenvalue weighted by molar-refractivity contribution is 0.0735. The zero-order valence-electron chi connectivity index (χ0n) is 13.9. The number of pyridine rings is 1. The lowest BCUT2D eigenvalue weighted by atomic mass is 10.0. The molecule has 6 nitrogen and oxygen atoms in total. The molecule has 1 aromatic heterocycles. The van der Waals surface area contributed by atoms with Gasteiger partial charge < -0.3 is 19.4 Å². The summed E-state index contributed by atoms with van der Waals surface area (Å²) in [4.78, 5) is 28.5. The van der Waals surface area contributed by atoms with E-state index in [1.165, 1.54) is 12.3 Å². The van der Waals surface area contributed by atoms with Crippen LogP contribution in [0.4, 0.5) is 0 Å². The van der Waals surface area contributed by atoms with Crippen LogP contribution in [0.2, 0.25) is 0 Å². The molecule has 6 heteroatoms. The molecule has 130 valence electrons. The fourth-order valence-electron chi connectivity index (χ4n) is 3.45. The highest BCUT2D eigenvalue weighted by Crippen LogP contribution is 2.38. The van der Waals surface area contributed by atoms with Gasteiger partial charge in [0.15, 0.2) is 11.5 Å². The first-order valence-electron chi connectivity index (χ1n) is 8.61. The van der Waals surface area contributed by atoms with Crippen molar-refractivity contribution >= 4 is 5.91 Å². The molecule has 0 saturated carbocycles. The summed E-state index contributed by atoms with van der Waals surface area (Å²) < 4.78 is 11.5. The molecule has 0 aliphatic carbocycles. The van der Waals surface area contributed by atoms with E-state index in [9.17, 15) is 9.59 Å². The Kier molecular flexibility index (Phi) is 4.17. The van der Waals surface area contributed by atoms with E-state index in [0.29, 0.717) is 25.3 Å². The third kappa shape index (κ3) is 3.12. The van der Waals surface area contributed by atoms with E-state index < -0.39 is 0 Å². The first-order chi connectivity index (χ1) is 12.2. The molecule has 25 heavy (non-hydrogen) atoms. The number of carbonyl (C=O) groups is 1. The van der Waals surface area contributed by atoms with Crippen LogP contribution in [0.5, 0.6) is 11.5 Å². The van der Waals surface area contributed by atoms with Crippen molar-refractivity contribution in [2.24, 2.45) is 0 Å². The Hall–Kier alpha value is -2.76. The number of aromatic amines is 1. The third-order valence-electron chi connectivity index (χ3n) is 4.70. The standard InChI is InChI=1S/C19H20N2O4/c22-18-7-5-14(12-20-18)19(23)21-8-1-3-15(21)13-4-6-16-17(11-13)25-10-2-9-24-16/h4-7,11-12,15H,1-3,8-10H2,(H,20,22)/t15-/m0/s1. The van der Waals surface area contributed by atoms with Gasteiger partial charge in [-0.1, -0.05) is 6.07 Å². The molecule has 2 aromatic rings. The lowest BCUT2D eigenvalue weighted by Crippen LogP contribution is -2.31. The molecule has 0 spiro atoms. The fraction of sp³-hybridized carbons (Fsp3) is 0.368. The second-order valence-electron chi connectivity index (χ2n) is 6.35. The summed E-state index contributed by atoms with van der Waals surface area (Å²) in [5, 5.41) is 0. The summed E-state index contributed by atoms with van der Waals surface area (Å²) in [6, 6.07) is 8.89. The number of hydrogen-bond donors (Lipinski definition) is 1. The molecular formula is C19H20N2O4. The molecule has 2 aliphatic rings. The highest BCUT2D eigenvalue weighted by molar-refractivity contribution is 5.94. The van der Waals surface area contributed by atoms with Crippen molar-refractivity contribution in [2.45, 2.75) is 25.3 Å². The van der Waals surface area contributed by atoms with Crippen LogP contribution in [0.25, 0.3) is 0 Å². The molecule has 0 bridgehead atoms. The number of carbonyl (C=O) groups excluding carboxylic acids is 1. The minimum atomic E-state index is -0.211. The van der Waals surface area contributed by atoms with Crippen molar-refractivity contribution in [1.82, 2.24) is 9.88 Å². The van der Waals surface area contributed by atoms with Crippen LogP contribution in [0.3, 0.4) is 0 Å². The van der Waals surface area contributed by atoms with Gasteiger partial charge in [-0.3, -0.25) is 9.59 Å². The summed E-state index contributed by atoms with van der Waals surface area (Å²) in [6.45, 7) is 2.00. The van der Waals surface area contributed by atoms with Crippen molar-refractivity contribution in [3.63, 3.8) is 0 Å². The van der Waals surface area contributed by atoms with Crippen molar-refractivity contribution in [3.05, 3.63) is 58.0 Å². The molecule has 3 heterocycles. The molecule has 1 atom stereocenters. The van der Waals surface area contributed by atoms with Gasteiger partial charge in [-0.05, 0) is 36.6 Å². The number of amides is 1. The molecule has 1 amide bonds. The Bertz CT molecular complexity index is 825. The van der Waals surface area contributed by atoms with Gasteiger partial charge >= 0.3 is 0 Å².